The van der Waals surface area contributed by atoms with E-state index in [1.165, 1.54) is 10.9 Å². The van der Waals surface area contributed by atoms with Crippen LogP contribution in [0.15, 0.2) is 24.3 Å². The molecule has 0 bridgehead atoms. The predicted molar refractivity (Wildman–Crippen MR) is 78.6 cm³/mol. The topological polar surface area (TPSA) is 54.1 Å². The highest BCUT2D eigenvalue weighted by molar-refractivity contribution is 5.85. The van der Waals surface area contributed by atoms with Gasteiger partial charge in [0.25, 0.3) is 0 Å². The van der Waals surface area contributed by atoms with Crippen molar-refractivity contribution in [3.05, 3.63) is 35.5 Å². The maximum atomic E-state index is 11.9. The van der Waals surface area contributed by atoms with Crippen LogP contribution in [0.1, 0.15) is 31.5 Å². The summed E-state index contributed by atoms with van der Waals surface area (Å²) in [7, 11) is 0. The Bertz CT molecular complexity index is 647. The van der Waals surface area contributed by atoms with E-state index in [1.807, 2.05) is 13.0 Å². The summed E-state index contributed by atoms with van der Waals surface area (Å²) < 4.78 is 5.11. The minimum Gasteiger partial charge on any atom is -0.466 e. The largest absolute Gasteiger partial charge is 0.466 e. The van der Waals surface area contributed by atoms with Gasteiger partial charge in [-0.3, -0.25) is 4.79 Å². The number of H-pyrrole nitrogens is 1. The first kappa shape index (κ1) is 13.2. The fourth-order valence-electron chi connectivity index (χ4n) is 3.13. The molecule has 2 aromatic rings. The van der Waals surface area contributed by atoms with Crippen LogP contribution in [0, 0.1) is 0 Å². The third-order valence-corrected chi connectivity index (χ3v) is 4.06. The number of carbonyl (C=O) groups excluding carboxylic acids is 1. The molecule has 0 fully saturated rings. The van der Waals surface area contributed by atoms with Gasteiger partial charge in [-0.25, -0.2) is 0 Å². The maximum absolute atomic E-state index is 11.9. The second kappa shape index (κ2) is 4.94. The number of aromatic amines is 1. The third kappa shape index (κ3) is 2.10. The van der Waals surface area contributed by atoms with E-state index in [-0.39, 0.29) is 11.5 Å². The first-order valence-corrected chi connectivity index (χ1v) is 7.15. The van der Waals surface area contributed by atoms with E-state index >= 15 is 0 Å². The Kier molecular flexibility index (Phi) is 3.26. The van der Waals surface area contributed by atoms with E-state index < -0.39 is 0 Å². The summed E-state index contributed by atoms with van der Waals surface area (Å²) in [4.78, 5) is 15.3. The maximum Gasteiger partial charge on any atom is 0.308 e. The van der Waals surface area contributed by atoms with Gasteiger partial charge < -0.3 is 15.0 Å². The van der Waals surface area contributed by atoms with Crippen LogP contribution in [0.5, 0.6) is 0 Å². The third-order valence-electron chi connectivity index (χ3n) is 4.06. The van der Waals surface area contributed by atoms with Crippen molar-refractivity contribution in [3.63, 3.8) is 0 Å². The molecular weight excluding hydrogens is 252 g/mol. The molecule has 1 atom stereocenters. The van der Waals surface area contributed by atoms with Gasteiger partial charge in [-0.1, -0.05) is 18.2 Å². The number of hydrogen-bond donors (Lipinski definition) is 2. The molecule has 0 aliphatic carbocycles. The molecule has 1 aliphatic heterocycles. The van der Waals surface area contributed by atoms with E-state index in [4.69, 9.17) is 4.74 Å². The Balaban J connectivity index is 2.02. The quantitative estimate of drug-likeness (QED) is 0.844. The van der Waals surface area contributed by atoms with Gasteiger partial charge in [0, 0.05) is 23.1 Å². The van der Waals surface area contributed by atoms with Crippen molar-refractivity contribution in [2.24, 2.45) is 0 Å². The number of nitrogens with one attached hydrogen (secondary N) is 2. The van der Waals surface area contributed by atoms with E-state index in [2.05, 4.69) is 35.4 Å². The monoisotopic (exact) mass is 272 g/mol. The van der Waals surface area contributed by atoms with Gasteiger partial charge >= 0.3 is 5.97 Å². The van der Waals surface area contributed by atoms with E-state index in [9.17, 15) is 4.79 Å². The van der Waals surface area contributed by atoms with Crippen molar-refractivity contribution in [1.82, 2.24) is 10.3 Å². The molecule has 4 heteroatoms. The van der Waals surface area contributed by atoms with Crippen LogP contribution in [0.25, 0.3) is 10.9 Å². The molecule has 1 aromatic heterocycles. The minimum absolute atomic E-state index is 0.158. The summed E-state index contributed by atoms with van der Waals surface area (Å²) in [5.41, 5.74) is 3.21. The lowest BCUT2D eigenvalue weighted by molar-refractivity contribution is -0.145. The number of esters is 1. The van der Waals surface area contributed by atoms with Gasteiger partial charge in [0.2, 0.25) is 0 Å². The highest BCUT2D eigenvalue weighted by atomic mass is 16.5. The molecule has 1 unspecified atom stereocenters. The van der Waals surface area contributed by atoms with Gasteiger partial charge in [-0.05, 0) is 31.9 Å². The van der Waals surface area contributed by atoms with Crippen molar-refractivity contribution in [2.75, 3.05) is 13.2 Å². The second-order valence-electron chi connectivity index (χ2n) is 5.51. The summed E-state index contributed by atoms with van der Waals surface area (Å²) in [6.45, 7) is 5.21. The number of hydrogen-bond acceptors (Lipinski definition) is 3. The number of fused-ring (bicyclic) bond motifs is 3. The Morgan fingerprint density at radius 1 is 1.40 bits per heavy atom. The predicted octanol–water partition coefficient (Wildman–Crippen LogP) is 2.48. The summed E-state index contributed by atoms with van der Waals surface area (Å²) in [6.07, 6.45) is 1.33. The highest BCUT2D eigenvalue weighted by Crippen LogP contribution is 2.35. The Hall–Kier alpha value is -1.81. The zero-order valence-corrected chi connectivity index (χ0v) is 12.0. The second-order valence-corrected chi connectivity index (χ2v) is 5.51. The lowest BCUT2D eigenvalue weighted by atomic mass is 9.86. The molecule has 0 radical (unpaired) electrons. The van der Waals surface area contributed by atoms with Gasteiger partial charge in [0.05, 0.1) is 18.6 Å². The molecule has 20 heavy (non-hydrogen) atoms. The number of ether oxygens (including phenoxy) is 1. The van der Waals surface area contributed by atoms with Crippen molar-refractivity contribution < 1.29 is 9.53 Å². The van der Waals surface area contributed by atoms with Crippen LogP contribution < -0.4 is 5.32 Å². The molecule has 4 nitrogen and oxygen atoms in total. The van der Waals surface area contributed by atoms with Gasteiger partial charge in [0.1, 0.15) is 0 Å². The van der Waals surface area contributed by atoms with Gasteiger partial charge in [0.15, 0.2) is 0 Å². The summed E-state index contributed by atoms with van der Waals surface area (Å²) in [5.74, 6) is -0.158. The number of rotatable bonds is 3. The zero-order chi connectivity index (χ0) is 14.2. The van der Waals surface area contributed by atoms with Gasteiger partial charge in [-0.2, -0.15) is 0 Å². The molecule has 3 rings (SSSR count). The molecule has 0 amide bonds. The molecule has 0 saturated heterocycles. The fourth-order valence-corrected chi connectivity index (χ4v) is 3.13. The van der Waals surface area contributed by atoms with E-state index in [0.717, 1.165) is 24.2 Å². The number of carbonyl (C=O) groups is 1. The molecule has 106 valence electrons. The molecule has 0 spiro atoms. The average molecular weight is 272 g/mol. The van der Waals surface area contributed by atoms with E-state index in [1.54, 1.807) is 0 Å². The molecule has 1 aromatic carbocycles. The molecule has 1 aliphatic rings. The number of aromatic nitrogens is 1. The van der Waals surface area contributed by atoms with Crippen LogP contribution in [-0.2, 0) is 21.5 Å². The first-order valence-electron chi connectivity index (χ1n) is 7.15. The summed E-state index contributed by atoms with van der Waals surface area (Å²) in [5, 5.41) is 4.73. The van der Waals surface area contributed by atoms with Crippen LogP contribution in [0.4, 0.5) is 0 Å². The van der Waals surface area contributed by atoms with Crippen LogP contribution in [0.3, 0.4) is 0 Å². The van der Waals surface area contributed by atoms with Crippen molar-refractivity contribution in [2.45, 2.75) is 32.2 Å². The van der Waals surface area contributed by atoms with Crippen molar-refractivity contribution in [3.8, 4) is 0 Å². The summed E-state index contributed by atoms with van der Waals surface area (Å²) >= 11 is 0. The molecule has 2 heterocycles. The zero-order valence-electron chi connectivity index (χ0n) is 12.0. The van der Waals surface area contributed by atoms with Crippen LogP contribution in [-0.4, -0.2) is 24.1 Å². The van der Waals surface area contributed by atoms with Crippen molar-refractivity contribution in [1.29, 1.82) is 0 Å². The molecule has 2 N–H and O–H groups in total. The Labute approximate surface area is 118 Å². The molecule has 0 saturated carbocycles. The highest BCUT2D eigenvalue weighted by Gasteiger charge is 2.36. The lowest BCUT2D eigenvalue weighted by Crippen LogP contribution is -2.46. The number of benzene rings is 1. The van der Waals surface area contributed by atoms with Gasteiger partial charge in [-0.15, -0.1) is 0 Å². The number of para-hydroxylation sites is 1. The normalized spacial score (nSPS) is 21.7. The first-order chi connectivity index (χ1) is 9.64. The Morgan fingerprint density at radius 2 is 2.20 bits per heavy atom. The lowest BCUT2D eigenvalue weighted by Gasteiger charge is -2.34. The van der Waals surface area contributed by atoms with Crippen molar-refractivity contribution >= 4 is 16.9 Å². The SMILES string of the molecule is CCOC(=O)CC1(C)NCCc2c1[nH]c1ccccc21. The van der Waals surface area contributed by atoms with E-state index in [0.29, 0.717) is 13.0 Å². The minimum atomic E-state index is -0.376. The smallest absolute Gasteiger partial charge is 0.308 e. The van der Waals surface area contributed by atoms with Crippen LogP contribution >= 0.6 is 0 Å². The standard InChI is InChI=1S/C16H20N2O2/c1-3-20-14(19)10-16(2)15-12(8-9-17-16)11-6-4-5-7-13(11)18-15/h4-7,17-18H,3,8-10H2,1-2H3. The fraction of sp³-hybridized carbons (Fsp3) is 0.438. The molecular formula is C16H20N2O2. The Morgan fingerprint density at radius 3 is 3.00 bits per heavy atom. The summed E-state index contributed by atoms with van der Waals surface area (Å²) in [6, 6.07) is 8.31. The average Bonchev–Trinajstić information content (AvgIpc) is 2.79. The van der Waals surface area contributed by atoms with Crippen LogP contribution in [0.2, 0.25) is 0 Å².